The number of carbonyl (C=O) groups is 1. The van der Waals surface area contributed by atoms with E-state index in [0.717, 1.165) is 6.07 Å². The van der Waals surface area contributed by atoms with Crippen LogP contribution in [-0.4, -0.2) is 28.0 Å². The molecule has 9 heteroatoms. The number of aromatic nitrogens is 2. The Morgan fingerprint density at radius 2 is 1.81 bits per heavy atom. The van der Waals surface area contributed by atoms with E-state index in [4.69, 9.17) is 16.3 Å². The molecule has 1 heterocycles. The van der Waals surface area contributed by atoms with E-state index in [1.165, 1.54) is 6.92 Å². The molecule has 0 saturated carbocycles. The topological polar surface area (TPSA) is 64.1 Å². The van der Waals surface area contributed by atoms with Gasteiger partial charge in [-0.2, -0.15) is 13.2 Å². The van der Waals surface area contributed by atoms with Gasteiger partial charge < -0.3 is 10.1 Å². The Balaban J connectivity index is 1.95. The first kappa shape index (κ1) is 21.0. The predicted octanol–water partition coefficient (Wildman–Crippen LogP) is 3.97. The molecule has 0 radical (unpaired) electrons. The third-order valence-electron chi connectivity index (χ3n) is 3.56. The van der Waals surface area contributed by atoms with Crippen molar-refractivity contribution < 1.29 is 22.7 Å². The SMILES string of the molecule is Cc1cc(C(F)(F)F)nc(CCNC(=O)C(C)(C)Oc2ccc(Cl)cc2)n1. The number of rotatable bonds is 6. The van der Waals surface area contributed by atoms with Gasteiger partial charge in [-0.25, -0.2) is 9.97 Å². The van der Waals surface area contributed by atoms with Crippen LogP contribution in [0, 0.1) is 6.92 Å². The van der Waals surface area contributed by atoms with Crippen molar-refractivity contribution in [3.8, 4) is 5.75 Å². The first-order valence-electron chi connectivity index (χ1n) is 8.12. The molecular weight excluding hydrogens is 383 g/mol. The van der Waals surface area contributed by atoms with Crippen LogP contribution in [0.15, 0.2) is 30.3 Å². The van der Waals surface area contributed by atoms with E-state index in [2.05, 4.69) is 15.3 Å². The lowest BCUT2D eigenvalue weighted by Gasteiger charge is -2.25. The van der Waals surface area contributed by atoms with Gasteiger partial charge in [-0.05, 0) is 51.1 Å². The summed E-state index contributed by atoms with van der Waals surface area (Å²) < 4.78 is 44.1. The molecular formula is C18H19ClF3N3O2. The van der Waals surface area contributed by atoms with Crippen molar-refractivity contribution >= 4 is 17.5 Å². The number of alkyl halides is 3. The molecule has 1 aromatic carbocycles. The number of carbonyl (C=O) groups excluding carboxylic acids is 1. The van der Waals surface area contributed by atoms with Gasteiger partial charge in [0.15, 0.2) is 5.60 Å². The lowest BCUT2D eigenvalue weighted by atomic mass is 10.1. The molecule has 1 amide bonds. The molecule has 27 heavy (non-hydrogen) atoms. The molecule has 0 spiro atoms. The average molecular weight is 402 g/mol. The quantitative estimate of drug-likeness (QED) is 0.795. The maximum atomic E-state index is 12.8. The highest BCUT2D eigenvalue weighted by Crippen LogP contribution is 2.27. The summed E-state index contributed by atoms with van der Waals surface area (Å²) in [5.41, 5.74) is -1.97. The molecule has 1 aromatic heterocycles. The number of hydrogen-bond donors (Lipinski definition) is 1. The second-order valence-corrected chi connectivity index (χ2v) is 6.82. The molecule has 0 unspecified atom stereocenters. The van der Waals surface area contributed by atoms with E-state index in [-0.39, 0.29) is 24.5 Å². The zero-order valence-electron chi connectivity index (χ0n) is 15.0. The summed E-state index contributed by atoms with van der Waals surface area (Å²) in [5, 5.41) is 3.17. The minimum atomic E-state index is -4.54. The Morgan fingerprint density at radius 3 is 2.41 bits per heavy atom. The maximum absolute atomic E-state index is 12.8. The number of hydrogen-bond acceptors (Lipinski definition) is 4. The number of nitrogens with zero attached hydrogens (tertiary/aromatic N) is 2. The molecule has 0 saturated heterocycles. The third-order valence-corrected chi connectivity index (χ3v) is 3.81. The lowest BCUT2D eigenvalue weighted by Crippen LogP contribution is -2.47. The molecule has 0 fully saturated rings. The number of nitrogens with one attached hydrogen (secondary N) is 1. The Labute approximate surface area is 159 Å². The molecule has 2 rings (SSSR count). The zero-order chi connectivity index (χ0) is 20.2. The summed E-state index contributed by atoms with van der Waals surface area (Å²) in [7, 11) is 0. The van der Waals surface area contributed by atoms with Gasteiger partial charge in [-0.3, -0.25) is 4.79 Å². The molecule has 146 valence electrons. The Morgan fingerprint density at radius 1 is 1.19 bits per heavy atom. The summed E-state index contributed by atoms with van der Waals surface area (Å²) in [6.45, 7) is 4.71. The van der Waals surface area contributed by atoms with Crippen molar-refractivity contribution in [2.75, 3.05) is 6.54 Å². The largest absolute Gasteiger partial charge is 0.478 e. The van der Waals surface area contributed by atoms with Crippen LogP contribution >= 0.6 is 11.6 Å². The summed E-state index contributed by atoms with van der Waals surface area (Å²) in [5.74, 6) is 0.0663. The highest BCUT2D eigenvalue weighted by Gasteiger charge is 2.33. The second kappa shape index (κ2) is 8.12. The first-order chi connectivity index (χ1) is 12.5. The lowest BCUT2D eigenvalue weighted by molar-refractivity contribution is -0.141. The molecule has 0 aliphatic rings. The Bertz CT molecular complexity index is 808. The number of benzene rings is 1. The number of halogens is 4. The van der Waals surface area contributed by atoms with Gasteiger partial charge in [-0.15, -0.1) is 0 Å². The second-order valence-electron chi connectivity index (χ2n) is 6.38. The van der Waals surface area contributed by atoms with Crippen LogP contribution in [-0.2, 0) is 17.4 Å². The Kier molecular flexibility index (Phi) is 6.30. The molecule has 1 N–H and O–H groups in total. The summed E-state index contributed by atoms with van der Waals surface area (Å²) in [6, 6.07) is 7.43. The minimum Gasteiger partial charge on any atom is -0.478 e. The molecule has 0 aliphatic heterocycles. The van der Waals surface area contributed by atoms with E-state index in [1.54, 1.807) is 38.1 Å². The molecule has 0 bridgehead atoms. The van der Waals surface area contributed by atoms with Crippen LogP contribution in [0.4, 0.5) is 13.2 Å². The summed E-state index contributed by atoms with van der Waals surface area (Å²) in [4.78, 5) is 19.8. The van der Waals surface area contributed by atoms with Gasteiger partial charge in [0.25, 0.3) is 5.91 Å². The van der Waals surface area contributed by atoms with Crippen molar-refractivity contribution in [1.29, 1.82) is 0 Å². The van der Waals surface area contributed by atoms with Crippen LogP contribution < -0.4 is 10.1 Å². The Hall–Kier alpha value is -2.35. The highest BCUT2D eigenvalue weighted by molar-refractivity contribution is 6.30. The maximum Gasteiger partial charge on any atom is 0.433 e. The van der Waals surface area contributed by atoms with Crippen molar-refractivity contribution in [3.63, 3.8) is 0 Å². The fourth-order valence-corrected chi connectivity index (χ4v) is 2.36. The zero-order valence-corrected chi connectivity index (χ0v) is 15.8. The highest BCUT2D eigenvalue weighted by atomic mass is 35.5. The average Bonchev–Trinajstić information content (AvgIpc) is 2.55. The summed E-state index contributed by atoms with van der Waals surface area (Å²) in [6.07, 6.45) is -4.48. The number of aryl methyl sites for hydroxylation is 1. The normalized spacial score (nSPS) is 12.0. The molecule has 0 atom stereocenters. The van der Waals surface area contributed by atoms with E-state index in [1.807, 2.05) is 0 Å². The summed E-state index contributed by atoms with van der Waals surface area (Å²) >= 11 is 5.81. The molecule has 0 aliphatic carbocycles. The number of ether oxygens (including phenoxy) is 1. The van der Waals surface area contributed by atoms with Gasteiger partial charge in [-0.1, -0.05) is 11.6 Å². The van der Waals surface area contributed by atoms with Crippen LogP contribution in [0.3, 0.4) is 0 Å². The van der Waals surface area contributed by atoms with E-state index in [9.17, 15) is 18.0 Å². The predicted molar refractivity (Wildman–Crippen MR) is 94.6 cm³/mol. The van der Waals surface area contributed by atoms with Crippen LogP contribution in [0.1, 0.15) is 31.1 Å². The van der Waals surface area contributed by atoms with Gasteiger partial charge >= 0.3 is 6.18 Å². The third kappa shape index (κ3) is 6.09. The fraction of sp³-hybridized carbons (Fsp3) is 0.389. The van der Waals surface area contributed by atoms with E-state index >= 15 is 0 Å². The fourth-order valence-electron chi connectivity index (χ4n) is 2.23. The van der Waals surface area contributed by atoms with Crippen LogP contribution in [0.25, 0.3) is 0 Å². The standard InChI is InChI=1S/C18H19ClF3N3O2/c1-11-10-14(18(20,21)22)25-15(24-11)8-9-23-16(26)17(2,3)27-13-6-4-12(19)5-7-13/h4-7,10H,8-9H2,1-3H3,(H,23,26). The smallest absolute Gasteiger partial charge is 0.433 e. The van der Waals surface area contributed by atoms with Crippen molar-refractivity contribution in [2.24, 2.45) is 0 Å². The minimum absolute atomic E-state index is 0.0130. The van der Waals surface area contributed by atoms with Crippen molar-refractivity contribution in [3.05, 3.63) is 52.6 Å². The van der Waals surface area contributed by atoms with Crippen molar-refractivity contribution in [1.82, 2.24) is 15.3 Å². The van der Waals surface area contributed by atoms with Crippen LogP contribution in [0.2, 0.25) is 5.02 Å². The van der Waals surface area contributed by atoms with Crippen molar-refractivity contribution in [2.45, 2.75) is 39.0 Å². The molecule has 2 aromatic rings. The van der Waals surface area contributed by atoms with Gasteiger partial charge in [0.2, 0.25) is 0 Å². The van der Waals surface area contributed by atoms with Gasteiger partial charge in [0, 0.05) is 23.7 Å². The van der Waals surface area contributed by atoms with E-state index < -0.39 is 23.4 Å². The first-order valence-corrected chi connectivity index (χ1v) is 8.50. The monoisotopic (exact) mass is 401 g/mol. The van der Waals surface area contributed by atoms with Gasteiger partial charge in [0.1, 0.15) is 17.3 Å². The van der Waals surface area contributed by atoms with Crippen LogP contribution in [0.5, 0.6) is 5.75 Å². The molecule has 5 nitrogen and oxygen atoms in total. The van der Waals surface area contributed by atoms with E-state index in [0.29, 0.717) is 10.8 Å². The number of amides is 1. The van der Waals surface area contributed by atoms with Gasteiger partial charge in [0.05, 0.1) is 0 Å².